The summed E-state index contributed by atoms with van der Waals surface area (Å²) in [4.78, 5) is 42.2. The summed E-state index contributed by atoms with van der Waals surface area (Å²) in [6.45, 7) is 11.7. The standard InChI is InChI=1S/C36H43NO6S/c1-23(2)41-34(39)36(5,6)43-33-24(3)19-26(20-25(33)4)13-14-28-21-37(35(40)42-29-11-9-8-10-12-29)22-31(28)32(38)27-15-17-30(44-7)18-16-27/h8-12,15-20,23,28,31H,13-14,21-22H2,1-7H3/t28-,31-/m0/s1. The van der Waals surface area contributed by atoms with Crippen molar-refractivity contribution in [3.8, 4) is 11.5 Å². The van der Waals surface area contributed by atoms with Crippen LogP contribution in [0.15, 0.2) is 71.6 Å². The zero-order valence-corrected chi connectivity index (χ0v) is 27.5. The van der Waals surface area contributed by atoms with Gasteiger partial charge in [-0.2, -0.15) is 0 Å². The number of hydrogen-bond donors (Lipinski definition) is 0. The van der Waals surface area contributed by atoms with Gasteiger partial charge in [0.2, 0.25) is 0 Å². The van der Waals surface area contributed by atoms with Crippen molar-refractivity contribution in [3.05, 3.63) is 89.0 Å². The SMILES string of the molecule is CSc1ccc(C(=O)[C@H]2CN(C(=O)Oc3ccccc3)C[C@@H]2CCc2cc(C)c(OC(C)(C)C(=O)OC(C)C)c(C)c2)cc1. The normalized spacial score (nSPS) is 16.6. The van der Waals surface area contributed by atoms with E-state index in [1.165, 1.54) is 0 Å². The number of nitrogens with zero attached hydrogens (tertiary/aromatic N) is 1. The van der Waals surface area contributed by atoms with Crippen LogP contribution in [0.3, 0.4) is 0 Å². The maximum Gasteiger partial charge on any atom is 0.415 e. The predicted molar refractivity (Wildman–Crippen MR) is 174 cm³/mol. The molecule has 1 fully saturated rings. The summed E-state index contributed by atoms with van der Waals surface area (Å²) in [7, 11) is 0. The second kappa shape index (κ2) is 14.3. The van der Waals surface area contributed by atoms with Gasteiger partial charge >= 0.3 is 12.1 Å². The summed E-state index contributed by atoms with van der Waals surface area (Å²) in [6, 6.07) is 20.8. The number of carbonyl (C=O) groups is 3. The molecule has 3 aromatic carbocycles. The molecule has 1 amide bonds. The highest BCUT2D eigenvalue weighted by molar-refractivity contribution is 7.98. The fourth-order valence-electron chi connectivity index (χ4n) is 5.58. The molecule has 8 heteroatoms. The third kappa shape index (κ3) is 8.23. The smallest absolute Gasteiger partial charge is 0.415 e. The maximum atomic E-state index is 13.8. The quantitative estimate of drug-likeness (QED) is 0.124. The molecule has 0 aliphatic carbocycles. The van der Waals surface area contributed by atoms with Gasteiger partial charge in [0.15, 0.2) is 11.4 Å². The summed E-state index contributed by atoms with van der Waals surface area (Å²) in [5.74, 6) is 0.403. The van der Waals surface area contributed by atoms with Gasteiger partial charge in [0.25, 0.3) is 0 Å². The lowest BCUT2D eigenvalue weighted by molar-refractivity contribution is -0.163. The molecule has 3 aromatic rings. The van der Waals surface area contributed by atoms with E-state index in [9.17, 15) is 14.4 Å². The average Bonchev–Trinajstić information content (AvgIpc) is 3.42. The topological polar surface area (TPSA) is 82.1 Å². The van der Waals surface area contributed by atoms with Gasteiger partial charge in [0, 0.05) is 29.5 Å². The van der Waals surface area contributed by atoms with Gasteiger partial charge in [0.05, 0.1) is 6.10 Å². The van der Waals surface area contributed by atoms with Crippen LogP contribution >= 0.6 is 11.8 Å². The van der Waals surface area contributed by atoms with E-state index in [0.29, 0.717) is 30.2 Å². The van der Waals surface area contributed by atoms with Crippen molar-refractivity contribution in [2.45, 2.75) is 71.0 Å². The fourth-order valence-corrected chi connectivity index (χ4v) is 5.99. The Labute approximate surface area is 265 Å². The molecular weight excluding hydrogens is 574 g/mol. The molecule has 0 radical (unpaired) electrons. The van der Waals surface area contributed by atoms with Gasteiger partial charge in [-0.15, -0.1) is 11.8 Å². The Hall–Kier alpha value is -3.78. The van der Waals surface area contributed by atoms with Crippen molar-refractivity contribution in [3.63, 3.8) is 0 Å². The molecule has 234 valence electrons. The van der Waals surface area contributed by atoms with Crippen LogP contribution in [0, 0.1) is 25.7 Å². The van der Waals surface area contributed by atoms with Crippen molar-refractivity contribution in [2.24, 2.45) is 11.8 Å². The Morgan fingerprint density at radius 2 is 1.59 bits per heavy atom. The van der Waals surface area contributed by atoms with Crippen LogP contribution in [0.2, 0.25) is 0 Å². The zero-order valence-electron chi connectivity index (χ0n) is 26.7. The molecule has 0 saturated carbocycles. The number of thioether (sulfide) groups is 1. The van der Waals surface area contributed by atoms with Crippen molar-refractivity contribution in [2.75, 3.05) is 19.3 Å². The summed E-state index contributed by atoms with van der Waals surface area (Å²) in [5, 5.41) is 0. The van der Waals surface area contributed by atoms with Crippen molar-refractivity contribution in [1.82, 2.24) is 4.90 Å². The van der Waals surface area contributed by atoms with Crippen LogP contribution in [0.25, 0.3) is 0 Å². The molecule has 7 nitrogen and oxygen atoms in total. The first-order valence-corrected chi connectivity index (χ1v) is 16.3. The number of rotatable bonds is 11. The first kappa shape index (κ1) is 33.1. The molecule has 1 aliphatic heterocycles. The Bertz CT molecular complexity index is 1440. The molecule has 0 N–H and O–H groups in total. The van der Waals surface area contributed by atoms with Crippen LogP contribution < -0.4 is 9.47 Å². The predicted octanol–water partition coefficient (Wildman–Crippen LogP) is 7.70. The number of para-hydroxylation sites is 1. The van der Waals surface area contributed by atoms with E-state index in [0.717, 1.165) is 34.4 Å². The summed E-state index contributed by atoms with van der Waals surface area (Å²) >= 11 is 1.63. The Morgan fingerprint density at radius 3 is 2.18 bits per heavy atom. The van der Waals surface area contributed by atoms with Gasteiger partial charge < -0.3 is 19.1 Å². The number of Topliss-reactive ketones (excluding diaryl/α,β-unsaturated/α-hetero) is 1. The van der Waals surface area contributed by atoms with Crippen LogP contribution in [0.4, 0.5) is 4.79 Å². The first-order valence-electron chi connectivity index (χ1n) is 15.1. The Balaban J connectivity index is 1.50. The second-order valence-corrected chi connectivity index (χ2v) is 13.1. The largest absolute Gasteiger partial charge is 0.476 e. The van der Waals surface area contributed by atoms with Crippen molar-refractivity contribution >= 4 is 29.6 Å². The number of ketones is 1. The van der Waals surface area contributed by atoms with Gasteiger partial charge in [-0.3, -0.25) is 4.79 Å². The van der Waals surface area contributed by atoms with Crippen LogP contribution in [0.5, 0.6) is 11.5 Å². The van der Waals surface area contributed by atoms with E-state index < -0.39 is 17.7 Å². The second-order valence-electron chi connectivity index (χ2n) is 12.2. The molecule has 0 bridgehead atoms. The monoisotopic (exact) mass is 617 g/mol. The number of aryl methyl sites for hydroxylation is 3. The lowest BCUT2D eigenvalue weighted by Gasteiger charge is -2.27. The number of hydrogen-bond acceptors (Lipinski definition) is 7. The third-order valence-corrected chi connectivity index (χ3v) is 8.62. The van der Waals surface area contributed by atoms with E-state index in [4.69, 9.17) is 14.2 Å². The van der Waals surface area contributed by atoms with Crippen LogP contribution in [-0.4, -0.2) is 53.8 Å². The number of carbonyl (C=O) groups excluding carboxylic acids is 3. The summed E-state index contributed by atoms with van der Waals surface area (Å²) in [6.07, 6.45) is 2.78. The van der Waals surface area contributed by atoms with Crippen molar-refractivity contribution in [1.29, 1.82) is 0 Å². The van der Waals surface area contributed by atoms with Crippen LogP contribution in [-0.2, 0) is 16.0 Å². The van der Waals surface area contributed by atoms with E-state index >= 15 is 0 Å². The van der Waals surface area contributed by atoms with Crippen LogP contribution in [0.1, 0.15) is 61.2 Å². The lowest BCUT2D eigenvalue weighted by atomic mass is 9.84. The number of ether oxygens (including phenoxy) is 3. The highest BCUT2D eigenvalue weighted by atomic mass is 32.2. The minimum atomic E-state index is -1.13. The van der Waals surface area contributed by atoms with E-state index in [1.54, 1.807) is 42.6 Å². The Kier molecular flexibility index (Phi) is 10.8. The highest BCUT2D eigenvalue weighted by Gasteiger charge is 2.40. The number of amides is 1. The Morgan fingerprint density at radius 1 is 0.955 bits per heavy atom. The fraction of sp³-hybridized carbons (Fsp3) is 0.417. The van der Waals surface area contributed by atoms with Gasteiger partial charge in [-0.25, -0.2) is 9.59 Å². The molecule has 0 spiro atoms. The van der Waals surface area contributed by atoms with E-state index in [-0.39, 0.29) is 23.7 Å². The molecule has 4 rings (SSSR count). The summed E-state index contributed by atoms with van der Waals surface area (Å²) < 4.78 is 17.2. The van der Waals surface area contributed by atoms with Gasteiger partial charge in [-0.1, -0.05) is 42.5 Å². The maximum absolute atomic E-state index is 13.8. The molecule has 44 heavy (non-hydrogen) atoms. The lowest BCUT2D eigenvalue weighted by Crippen LogP contribution is -2.41. The molecule has 1 heterocycles. The number of likely N-dealkylation sites (tertiary alicyclic amines) is 1. The molecular formula is C36H43NO6S. The molecule has 2 atom stereocenters. The minimum Gasteiger partial charge on any atom is -0.476 e. The third-order valence-electron chi connectivity index (χ3n) is 7.87. The molecule has 1 saturated heterocycles. The first-order chi connectivity index (χ1) is 20.9. The number of benzene rings is 3. The average molecular weight is 618 g/mol. The highest BCUT2D eigenvalue weighted by Crippen LogP contribution is 2.34. The molecule has 1 aliphatic rings. The van der Waals surface area contributed by atoms with E-state index in [2.05, 4.69) is 12.1 Å². The van der Waals surface area contributed by atoms with Crippen molar-refractivity contribution < 1.29 is 28.6 Å². The zero-order chi connectivity index (χ0) is 32.0. The number of esters is 1. The van der Waals surface area contributed by atoms with E-state index in [1.807, 2.05) is 76.4 Å². The molecule has 0 aromatic heterocycles. The molecule has 0 unspecified atom stereocenters. The van der Waals surface area contributed by atoms with Gasteiger partial charge in [-0.05, 0) is 108 Å². The van der Waals surface area contributed by atoms with Gasteiger partial charge in [0.1, 0.15) is 11.5 Å². The minimum absolute atomic E-state index is 0.0349. The summed E-state index contributed by atoms with van der Waals surface area (Å²) in [5.41, 5.74) is 2.47.